The Labute approximate surface area is 63.0 Å². The van der Waals surface area contributed by atoms with Crippen LogP contribution >= 0.6 is 0 Å². The van der Waals surface area contributed by atoms with Crippen LogP contribution in [0.25, 0.3) is 0 Å². The van der Waals surface area contributed by atoms with E-state index < -0.39 is 0 Å². The van der Waals surface area contributed by atoms with Crippen molar-refractivity contribution in [2.45, 2.75) is 38.6 Å². The molecule has 0 bridgehead atoms. The lowest BCUT2D eigenvalue weighted by Gasteiger charge is -2.07. The Balaban J connectivity index is 1.69. The van der Waals surface area contributed by atoms with E-state index in [-0.39, 0.29) is 0 Å². The van der Waals surface area contributed by atoms with Crippen LogP contribution in [0.3, 0.4) is 0 Å². The van der Waals surface area contributed by atoms with E-state index in [0.29, 0.717) is 6.04 Å². The third kappa shape index (κ3) is 1.34. The van der Waals surface area contributed by atoms with Gasteiger partial charge in [0, 0.05) is 6.04 Å². The summed E-state index contributed by atoms with van der Waals surface area (Å²) in [6, 6.07) is 0.571. The summed E-state index contributed by atoms with van der Waals surface area (Å²) in [5.41, 5.74) is 5.74. The molecule has 0 amide bonds. The molecule has 2 fully saturated rings. The summed E-state index contributed by atoms with van der Waals surface area (Å²) >= 11 is 0. The fourth-order valence-electron chi connectivity index (χ4n) is 1.88. The molecule has 10 heavy (non-hydrogen) atoms. The third-order valence-corrected chi connectivity index (χ3v) is 3.08. The van der Waals surface area contributed by atoms with Gasteiger partial charge in [-0.15, -0.1) is 0 Å². The Bertz CT molecular complexity index is 129. The molecule has 0 aliphatic heterocycles. The lowest BCUT2D eigenvalue weighted by atomic mass is 9.99. The van der Waals surface area contributed by atoms with Crippen molar-refractivity contribution in [1.29, 1.82) is 0 Å². The fraction of sp³-hybridized carbons (Fsp3) is 1.00. The standard InChI is InChI=1S/C9H17N/c1-6(7-2-3-7)4-8-5-9(8)10/h6-9H,2-5,10H2,1H3. The quantitative estimate of drug-likeness (QED) is 0.633. The van der Waals surface area contributed by atoms with Crippen LogP contribution in [0.15, 0.2) is 0 Å². The molecule has 0 spiro atoms. The number of nitrogens with two attached hydrogens (primary N) is 1. The molecule has 2 aliphatic rings. The van der Waals surface area contributed by atoms with Crippen molar-refractivity contribution < 1.29 is 0 Å². The van der Waals surface area contributed by atoms with Gasteiger partial charge in [-0.05, 0) is 43.4 Å². The van der Waals surface area contributed by atoms with Crippen LogP contribution in [0.2, 0.25) is 0 Å². The molecule has 2 aliphatic carbocycles. The van der Waals surface area contributed by atoms with Gasteiger partial charge in [-0.25, -0.2) is 0 Å². The van der Waals surface area contributed by atoms with Gasteiger partial charge in [-0.1, -0.05) is 6.92 Å². The molecule has 0 aromatic rings. The molecule has 0 radical (unpaired) electrons. The van der Waals surface area contributed by atoms with E-state index in [0.717, 1.165) is 17.8 Å². The summed E-state index contributed by atoms with van der Waals surface area (Å²) < 4.78 is 0. The van der Waals surface area contributed by atoms with Crippen LogP contribution in [0.4, 0.5) is 0 Å². The normalized spacial score (nSPS) is 41.4. The average molecular weight is 139 g/mol. The van der Waals surface area contributed by atoms with Crippen LogP contribution < -0.4 is 5.73 Å². The maximum Gasteiger partial charge on any atom is 0.00710 e. The molecular weight excluding hydrogens is 122 g/mol. The first-order chi connectivity index (χ1) is 4.77. The Morgan fingerprint density at radius 1 is 1.50 bits per heavy atom. The molecule has 0 aromatic carbocycles. The predicted molar refractivity (Wildman–Crippen MR) is 42.6 cm³/mol. The largest absolute Gasteiger partial charge is 0.327 e. The van der Waals surface area contributed by atoms with Crippen molar-refractivity contribution in [1.82, 2.24) is 0 Å². The zero-order chi connectivity index (χ0) is 7.14. The smallest absolute Gasteiger partial charge is 0.00710 e. The van der Waals surface area contributed by atoms with Crippen molar-refractivity contribution in [3.63, 3.8) is 0 Å². The minimum absolute atomic E-state index is 0.571. The molecule has 0 aromatic heterocycles. The summed E-state index contributed by atoms with van der Waals surface area (Å²) in [5, 5.41) is 0. The number of hydrogen-bond donors (Lipinski definition) is 1. The Hall–Kier alpha value is -0.0400. The van der Waals surface area contributed by atoms with Crippen LogP contribution in [0.5, 0.6) is 0 Å². The fourth-order valence-corrected chi connectivity index (χ4v) is 1.88. The molecule has 3 atom stereocenters. The molecule has 3 unspecified atom stereocenters. The highest BCUT2D eigenvalue weighted by Gasteiger charge is 2.38. The molecule has 58 valence electrons. The molecule has 0 heterocycles. The minimum atomic E-state index is 0.571. The first-order valence-corrected chi connectivity index (χ1v) is 4.53. The monoisotopic (exact) mass is 139 g/mol. The van der Waals surface area contributed by atoms with E-state index >= 15 is 0 Å². The molecule has 0 saturated heterocycles. The second kappa shape index (κ2) is 2.23. The zero-order valence-corrected chi connectivity index (χ0v) is 6.72. The van der Waals surface area contributed by atoms with Crippen molar-refractivity contribution in [2.75, 3.05) is 0 Å². The summed E-state index contributed by atoms with van der Waals surface area (Å²) in [6.45, 7) is 2.39. The van der Waals surface area contributed by atoms with Gasteiger partial charge in [0.05, 0.1) is 0 Å². The van der Waals surface area contributed by atoms with Gasteiger partial charge < -0.3 is 5.73 Å². The van der Waals surface area contributed by atoms with Crippen LogP contribution in [-0.2, 0) is 0 Å². The Kier molecular flexibility index (Phi) is 1.48. The van der Waals surface area contributed by atoms with E-state index in [1.165, 1.54) is 25.7 Å². The number of rotatable bonds is 3. The Morgan fingerprint density at radius 2 is 2.10 bits per heavy atom. The number of hydrogen-bond acceptors (Lipinski definition) is 1. The lowest BCUT2D eigenvalue weighted by Crippen LogP contribution is -2.06. The highest BCUT2D eigenvalue weighted by molar-refractivity contribution is 4.93. The van der Waals surface area contributed by atoms with Crippen molar-refractivity contribution in [3.05, 3.63) is 0 Å². The summed E-state index contributed by atoms with van der Waals surface area (Å²) in [4.78, 5) is 0. The molecule has 1 heteroatoms. The van der Waals surface area contributed by atoms with Crippen molar-refractivity contribution >= 4 is 0 Å². The van der Waals surface area contributed by atoms with Crippen molar-refractivity contribution in [2.24, 2.45) is 23.5 Å². The van der Waals surface area contributed by atoms with Crippen LogP contribution in [-0.4, -0.2) is 6.04 Å². The minimum Gasteiger partial charge on any atom is -0.327 e. The topological polar surface area (TPSA) is 26.0 Å². The van der Waals surface area contributed by atoms with Crippen molar-refractivity contribution in [3.8, 4) is 0 Å². The molecular formula is C9H17N. The van der Waals surface area contributed by atoms with Gasteiger partial charge in [0.1, 0.15) is 0 Å². The maximum atomic E-state index is 5.74. The Morgan fingerprint density at radius 3 is 2.50 bits per heavy atom. The molecule has 2 saturated carbocycles. The first-order valence-electron chi connectivity index (χ1n) is 4.53. The lowest BCUT2D eigenvalue weighted by molar-refractivity contribution is 0.437. The van der Waals surface area contributed by atoms with E-state index in [9.17, 15) is 0 Å². The average Bonchev–Trinajstić information content (AvgIpc) is 2.66. The second-order valence-corrected chi connectivity index (χ2v) is 4.21. The SMILES string of the molecule is CC(CC1CC1N)C1CC1. The van der Waals surface area contributed by atoms with E-state index in [2.05, 4.69) is 6.92 Å². The van der Waals surface area contributed by atoms with E-state index in [1.54, 1.807) is 0 Å². The van der Waals surface area contributed by atoms with Gasteiger partial charge in [0.25, 0.3) is 0 Å². The third-order valence-electron chi connectivity index (χ3n) is 3.08. The highest BCUT2D eigenvalue weighted by atomic mass is 14.7. The van der Waals surface area contributed by atoms with Gasteiger partial charge in [-0.3, -0.25) is 0 Å². The second-order valence-electron chi connectivity index (χ2n) is 4.21. The van der Waals surface area contributed by atoms with E-state index in [1.807, 2.05) is 0 Å². The zero-order valence-electron chi connectivity index (χ0n) is 6.72. The molecule has 2 rings (SSSR count). The van der Waals surface area contributed by atoms with Gasteiger partial charge in [0.15, 0.2) is 0 Å². The maximum absolute atomic E-state index is 5.74. The van der Waals surface area contributed by atoms with Crippen LogP contribution in [0.1, 0.15) is 32.6 Å². The van der Waals surface area contributed by atoms with Crippen LogP contribution in [0, 0.1) is 17.8 Å². The summed E-state index contributed by atoms with van der Waals surface area (Å²) in [5.74, 6) is 2.95. The predicted octanol–water partition coefficient (Wildman–Crippen LogP) is 1.77. The van der Waals surface area contributed by atoms with Gasteiger partial charge in [0.2, 0.25) is 0 Å². The van der Waals surface area contributed by atoms with Gasteiger partial charge >= 0.3 is 0 Å². The van der Waals surface area contributed by atoms with Gasteiger partial charge in [-0.2, -0.15) is 0 Å². The first kappa shape index (κ1) is 6.66. The van der Waals surface area contributed by atoms with E-state index in [4.69, 9.17) is 5.73 Å². The molecule has 1 nitrogen and oxygen atoms in total. The highest BCUT2D eigenvalue weighted by Crippen LogP contribution is 2.43. The summed E-state index contributed by atoms with van der Waals surface area (Å²) in [6.07, 6.45) is 5.69. The molecule has 2 N–H and O–H groups in total. The summed E-state index contributed by atoms with van der Waals surface area (Å²) in [7, 11) is 0.